The number of halogens is 5. The fourth-order valence-electron chi connectivity index (χ4n) is 7.78. The number of esters is 4. The maximum absolute atomic E-state index is 13.6. The number of Topliss-reactive ketones (excluding diaryl/α,β-unsaturated/α-hetero) is 2. The highest BCUT2D eigenvalue weighted by Crippen LogP contribution is 2.35. The van der Waals surface area contributed by atoms with Crippen molar-refractivity contribution in [2.75, 3.05) is 26.5 Å². The molecule has 0 saturated heterocycles. The molecule has 0 radical (unpaired) electrons. The molecule has 0 aliphatic heterocycles. The number of ketones is 2. The molecule has 0 unspecified atom stereocenters. The first-order chi connectivity index (χ1) is 37.6. The molecule has 2 heterocycles. The first-order valence-corrected chi connectivity index (χ1v) is 25.4. The van der Waals surface area contributed by atoms with Gasteiger partial charge in [0.05, 0.1) is 26.1 Å². The maximum atomic E-state index is 13.6. The monoisotopic (exact) mass is 1160 g/mol. The number of carbonyl (C=O) groups excluding carboxylic acids is 6. The van der Waals surface area contributed by atoms with Gasteiger partial charge in [0, 0.05) is 63.1 Å². The van der Waals surface area contributed by atoms with Crippen LogP contribution in [0, 0.1) is 35.1 Å². The van der Waals surface area contributed by atoms with Gasteiger partial charge in [-0.3, -0.25) is 28.8 Å². The van der Waals surface area contributed by atoms with Crippen molar-refractivity contribution < 1.29 is 84.6 Å². The highest BCUT2D eigenvalue weighted by molar-refractivity contribution is 9.09. The lowest BCUT2D eigenvalue weighted by Crippen LogP contribution is -2.28. The van der Waals surface area contributed by atoms with Crippen molar-refractivity contribution in [2.24, 2.45) is 11.8 Å². The van der Waals surface area contributed by atoms with E-state index < -0.39 is 101 Å². The van der Waals surface area contributed by atoms with Crippen LogP contribution in [-0.4, -0.2) is 89.3 Å². The number of nitrogens with zero attached hydrogens (tertiary/aromatic N) is 2. The van der Waals surface area contributed by atoms with Gasteiger partial charge in [0.15, 0.2) is 46.0 Å². The van der Waals surface area contributed by atoms with E-state index in [-0.39, 0.29) is 47.4 Å². The zero-order valence-corrected chi connectivity index (χ0v) is 46.0. The Hall–Kier alpha value is -8.20. The molecular weight excluding hydrogens is 1100 g/mol. The second kappa shape index (κ2) is 31.3. The van der Waals surface area contributed by atoms with Crippen LogP contribution in [0.5, 0.6) is 23.0 Å². The molecule has 420 valence electrons. The first-order valence-electron chi connectivity index (χ1n) is 24.3. The summed E-state index contributed by atoms with van der Waals surface area (Å²) >= 11 is 2.91. The number of aromatic nitrogens is 2. The van der Waals surface area contributed by atoms with Crippen molar-refractivity contribution in [3.05, 3.63) is 178 Å². The van der Waals surface area contributed by atoms with Crippen LogP contribution in [0.3, 0.4) is 0 Å². The number of benzene rings is 4. The summed E-state index contributed by atoms with van der Waals surface area (Å²) in [4.78, 5) is 80.4. The molecular formula is C58H59BrF4N2O14. The van der Waals surface area contributed by atoms with E-state index >= 15 is 0 Å². The van der Waals surface area contributed by atoms with Crippen molar-refractivity contribution >= 4 is 51.4 Å². The Morgan fingerprint density at radius 1 is 0.519 bits per heavy atom. The molecule has 0 spiro atoms. The van der Waals surface area contributed by atoms with Gasteiger partial charge in [0.25, 0.3) is 0 Å². The molecule has 0 saturated carbocycles. The molecule has 0 bridgehead atoms. The van der Waals surface area contributed by atoms with Gasteiger partial charge in [0.2, 0.25) is 6.79 Å². The topological polar surface area (TPSA) is 213 Å². The van der Waals surface area contributed by atoms with Gasteiger partial charge in [-0.1, -0.05) is 62.4 Å². The number of ether oxygens (including phenoxy) is 7. The summed E-state index contributed by atoms with van der Waals surface area (Å²) in [6, 6.07) is 25.9. The summed E-state index contributed by atoms with van der Waals surface area (Å²) in [6.45, 7) is 8.54. The molecule has 0 amide bonds. The molecule has 79 heavy (non-hydrogen) atoms. The highest BCUT2D eigenvalue weighted by atomic mass is 79.9. The van der Waals surface area contributed by atoms with E-state index in [2.05, 4.69) is 30.6 Å². The van der Waals surface area contributed by atoms with Gasteiger partial charge in [-0.15, -0.1) is 0 Å². The van der Waals surface area contributed by atoms with E-state index in [0.29, 0.717) is 27.8 Å². The molecule has 0 fully saturated rings. The number of hydrogen-bond acceptors (Lipinski definition) is 16. The van der Waals surface area contributed by atoms with Crippen molar-refractivity contribution in [1.82, 2.24) is 9.97 Å². The fourth-order valence-corrected chi connectivity index (χ4v) is 8.11. The number of alkyl halides is 1. The predicted octanol–water partition coefficient (Wildman–Crippen LogP) is 11.2. The minimum Gasteiger partial charge on any atom is -0.503 e. The lowest BCUT2D eigenvalue weighted by molar-refractivity contribution is -0.154. The lowest BCUT2D eigenvalue weighted by Gasteiger charge is -2.26. The van der Waals surface area contributed by atoms with E-state index in [1.54, 1.807) is 62.4 Å². The fraction of sp³-hybridized carbons (Fsp3) is 0.310. The van der Waals surface area contributed by atoms with Gasteiger partial charge in [0.1, 0.15) is 41.0 Å². The molecule has 0 aliphatic carbocycles. The molecule has 6 aromatic rings. The van der Waals surface area contributed by atoms with Crippen molar-refractivity contribution in [3.63, 3.8) is 0 Å². The van der Waals surface area contributed by atoms with Crippen LogP contribution in [0.4, 0.5) is 17.6 Å². The van der Waals surface area contributed by atoms with E-state index in [1.807, 2.05) is 0 Å². The van der Waals surface area contributed by atoms with E-state index in [9.17, 15) is 51.4 Å². The molecule has 21 heteroatoms. The smallest absolute Gasteiger partial charge is 0.309 e. The average molecular weight is 1160 g/mol. The number of methoxy groups -OCH3 is 2. The molecule has 0 aliphatic rings. The average Bonchev–Trinajstić information content (AvgIpc) is 3.45. The van der Waals surface area contributed by atoms with Crippen molar-refractivity contribution in [1.29, 1.82) is 0 Å². The quantitative estimate of drug-likeness (QED) is 0.0167. The van der Waals surface area contributed by atoms with Crippen LogP contribution in [0.2, 0.25) is 0 Å². The second-order valence-electron chi connectivity index (χ2n) is 17.5. The third kappa shape index (κ3) is 19.3. The summed E-state index contributed by atoms with van der Waals surface area (Å²) in [6.07, 6.45) is 0.746. The maximum Gasteiger partial charge on any atom is 0.309 e. The lowest BCUT2D eigenvalue weighted by atomic mass is 9.87. The molecule has 2 aromatic heterocycles. The van der Waals surface area contributed by atoms with E-state index in [0.717, 1.165) is 0 Å². The van der Waals surface area contributed by atoms with Crippen LogP contribution in [0.25, 0.3) is 0 Å². The van der Waals surface area contributed by atoms with Crippen molar-refractivity contribution in [2.45, 2.75) is 78.4 Å². The molecule has 4 atom stereocenters. The number of aromatic hydroxyl groups is 1. The predicted molar refractivity (Wildman–Crippen MR) is 283 cm³/mol. The van der Waals surface area contributed by atoms with E-state index in [1.165, 1.54) is 115 Å². The summed E-state index contributed by atoms with van der Waals surface area (Å²) < 4.78 is 90.2. The number of pyridine rings is 2. The Labute approximate surface area is 462 Å². The van der Waals surface area contributed by atoms with Crippen LogP contribution in [-0.2, 0) is 38.1 Å². The zero-order valence-electron chi connectivity index (χ0n) is 44.4. The van der Waals surface area contributed by atoms with Gasteiger partial charge in [-0.25, -0.2) is 27.5 Å². The molecule has 6 rings (SSSR count). The Balaban J connectivity index is 0.000000311. The largest absolute Gasteiger partial charge is 0.503 e. The summed E-state index contributed by atoms with van der Waals surface area (Å²) in [7, 11) is 2.73. The molecule has 16 nitrogen and oxygen atoms in total. The normalized spacial score (nSPS) is 12.2. The van der Waals surface area contributed by atoms with Gasteiger partial charge >= 0.3 is 23.9 Å². The first kappa shape index (κ1) is 63.3. The summed E-state index contributed by atoms with van der Waals surface area (Å²) in [5, 5.41) is 10.1. The summed E-state index contributed by atoms with van der Waals surface area (Å²) in [5.74, 6) is -7.63. The second-order valence-corrected chi connectivity index (χ2v) is 18.0. The Kier molecular flexibility index (Phi) is 25.1. The minimum atomic E-state index is -0.864. The summed E-state index contributed by atoms with van der Waals surface area (Å²) in [5.41, 5.74) is 2.71. The van der Waals surface area contributed by atoms with Crippen LogP contribution in [0.1, 0.15) is 109 Å². The standard InChI is InChI=1S/C29H29F2NO7.C26H25F2NO5.C3H5BrO2/c1-17(15-24(34)27-28(38-16-37-19(3)33)25(36-4)13-14-32-27)29(35)39-18(2)26(20-5-9-22(30)10-6-20)21-7-11-23(31)12-8-21;1-15(14-21(30)24-25(31)22(33-3)12-13-29-24)26(32)34-16(2)23(17-4-8-19(27)9-5-17)18-6-10-20(28)11-7-18;1-3(5)6-2-4/h5-14,17-18,26H,15-16H2,1-4H3;4-13,15-16,23,31H,14H2,1-3H3;2H2,1H3/t17-,18+;15-,16+;/m11./s1. The van der Waals surface area contributed by atoms with E-state index in [4.69, 9.17) is 28.4 Å². The minimum absolute atomic E-state index is 0.0205. The van der Waals surface area contributed by atoms with Crippen LogP contribution >= 0.6 is 15.9 Å². The molecule has 4 aromatic carbocycles. The number of carbonyl (C=O) groups is 6. The van der Waals surface area contributed by atoms with Crippen LogP contribution in [0.15, 0.2) is 122 Å². The van der Waals surface area contributed by atoms with Gasteiger partial charge in [-0.2, -0.15) is 0 Å². The third-order valence-corrected chi connectivity index (χ3v) is 11.9. The SMILES string of the molecule is CC(=O)OCBr.COc1ccnc(C(=O)C[C@@H](C)C(=O)O[C@@H](C)C(c2ccc(F)cc2)c2ccc(F)cc2)c1O.COc1ccnc(C(=O)C[C@@H](C)C(=O)O[C@@H](C)C(c2ccc(F)cc2)c2ccc(F)cc2)c1OCOC(C)=O. The Morgan fingerprint density at radius 3 is 1.19 bits per heavy atom. The number of hydrogen-bond donors (Lipinski definition) is 1. The van der Waals surface area contributed by atoms with Crippen LogP contribution < -0.4 is 14.2 Å². The Morgan fingerprint density at radius 2 is 0.861 bits per heavy atom. The highest BCUT2D eigenvalue weighted by Gasteiger charge is 2.31. The molecule has 1 N–H and O–H groups in total. The van der Waals surface area contributed by atoms with Gasteiger partial charge in [-0.05, 0) is 101 Å². The number of rotatable bonds is 22. The third-order valence-electron chi connectivity index (χ3n) is 11.7. The van der Waals surface area contributed by atoms with Crippen molar-refractivity contribution in [3.8, 4) is 23.0 Å². The Bertz CT molecular complexity index is 2900. The van der Waals surface area contributed by atoms with Gasteiger partial charge < -0.3 is 38.3 Å². The zero-order chi connectivity index (χ0) is 58.3.